The minimum absolute atomic E-state index is 0.0484. The molecule has 0 bridgehead atoms. The van der Waals surface area contributed by atoms with Gasteiger partial charge in [0.05, 0.1) is 12.5 Å². The number of carbonyl (C=O) groups is 2. The van der Waals surface area contributed by atoms with E-state index in [1.807, 2.05) is 73.5 Å². The summed E-state index contributed by atoms with van der Waals surface area (Å²) in [5.41, 5.74) is 2.70. The van der Waals surface area contributed by atoms with Crippen LogP contribution in [0.15, 0.2) is 35.7 Å². The van der Waals surface area contributed by atoms with E-state index in [2.05, 4.69) is 10.6 Å². The number of thiophene rings is 1. The van der Waals surface area contributed by atoms with Gasteiger partial charge in [0, 0.05) is 56.1 Å². The third kappa shape index (κ3) is 6.97. The van der Waals surface area contributed by atoms with Gasteiger partial charge in [0.1, 0.15) is 0 Å². The lowest BCUT2D eigenvalue weighted by Crippen LogP contribution is -2.38. The van der Waals surface area contributed by atoms with Crippen LogP contribution in [0.4, 0.5) is 16.2 Å². The number of amides is 3. The van der Waals surface area contributed by atoms with E-state index in [4.69, 9.17) is 4.74 Å². The summed E-state index contributed by atoms with van der Waals surface area (Å²) in [6.07, 6.45) is 2.46. The van der Waals surface area contributed by atoms with Gasteiger partial charge in [0.2, 0.25) is 5.91 Å². The van der Waals surface area contributed by atoms with Gasteiger partial charge in [-0.25, -0.2) is 4.79 Å². The molecule has 174 valence electrons. The van der Waals surface area contributed by atoms with Crippen molar-refractivity contribution in [2.45, 2.75) is 51.8 Å². The standard InChI is InChI=1S/C24H34N4O3S/c1-17(2)25-24(30)26-19-9-10-22(27(3)4)18(13-19)15-28(16-20-7-5-11-31-20)23(29)14-21-8-6-12-32-21/h6,8-10,12-13,17,20H,5,7,11,14-16H2,1-4H3,(H2,25,26,30). The first kappa shape index (κ1) is 24.1. The number of anilines is 2. The van der Waals surface area contributed by atoms with Crippen LogP contribution in [0.25, 0.3) is 0 Å². The number of benzene rings is 1. The molecule has 3 amide bonds. The average molecular weight is 459 g/mol. The molecule has 0 saturated carbocycles. The Labute approximate surface area is 194 Å². The number of hydrogen-bond donors (Lipinski definition) is 2. The van der Waals surface area contributed by atoms with E-state index in [-0.39, 0.29) is 24.1 Å². The molecule has 32 heavy (non-hydrogen) atoms. The Kier molecular flexibility index (Phi) is 8.53. The van der Waals surface area contributed by atoms with Gasteiger partial charge in [-0.15, -0.1) is 11.3 Å². The summed E-state index contributed by atoms with van der Waals surface area (Å²) >= 11 is 1.60. The summed E-state index contributed by atoms with van der Waals surface area (Å²) in [7, 11) is 3.96. The predicted molar refractivity (Wildman–Crippen MR) is 130 cm³/mol. The molecule has 1 atom stereocenters. The maximum atomic E-state index is 13.3. The molecule has 2 aromatic rings. The zero-order valence-electron chi connectivity index (χ0n) is 19.4. The minimum Gasteiger partial charge on any atom is -0.377 e. The van der Waals surface area contributed by atoms with Crippen LogP contribution in [0.5, 0.6) is 0 Å². The summed E-state index contributed by atoms with van der Waals surface area (Å²) in [4.78, 5) is 30.4. The number of rotatable bonds is 9. The fourth-order valence-corrected chi connectivity index (χ4v) is 4.52. The Balaban J connectivity index is 1.82. The van der Waals surface area contributed by atoms with Crippen LogP contribution < -0.4 is 15.5 Å². The van der Waals surface area contributed by atoms with Crippen molar-refractivity contribution in [3.8, 4) is 0 Å². The molecule has 0 radical (unpaired) electrons. The van der Waals surface area contributed by atoms with Gasteiger partial charge < -0.3 is 25.2 Å². The van der Waals surface area contributed by atoms with Gasteiger partial charge >= 0.3 is 6.03 Å². The fraction of sp³-hybridized carbons (Fsp3) is 0.500. The molecule has 1 saturated heterocycles. The third-order valence-electron chi connectivity index (χ3n) is 5.31. The molecule has 1 aliphatic rings. The van der Waals surface area contributed by atoms with E-state index in [0.29, 0.717) is 25.2 Å². The molecule has 3 rings (SSSR count). The molecule has 2 heterocycles. The number of ether oxygens (including phenoxy) is 1. The highest BCUT2D eigenvalue weighted by molar-refractivity contribution is 7.10. The van der Waals surface area contributed by atoms with E-state index in [9.17, 15) is 9.59 Å². The molecule has 1 aromatic heterocycles. The minimum atomic E-state index is -0.242. The second-order valence-corrected chi connectivity index (χ2v) is 9.69. The van der Waals surface area contributed by atoms with Gasteiger partial charge in [-0.2, -0.15) is 0 Å². The van der Waals surface area contributed by atoms with Crippen molar-refractivity contribution < 1.29 is 14.3 Å². The Hall–Kier alpha value is -2.58. The van der Waals surface area contributed by atoms with Gasteiger partial charge in [-0.3, -0.25) is 4.79 Å². The summed E-state index contributed by atoms with van der Waals surface area (Å²) in [6, 6.07) is 9.59. The molecule has 0 aliphatic carbocycles. The topological polar surface area (TPSA) is 73.9 Å². The molecular weight excluding hydrogens is 424 g/mol. The first-order valence-corrected chi connectivity index (χ1v) is 12.0. The normalized spacial score (nSPS) is 15.6. The van der Waals surface area contributed by atoms with E-state index in [1.165, 1.54) is 0 Å². The van der Waals surface area contributed by atoms with Crippen molar-refractivity contribution in [3.63, 3.8) is 0 Å². The van der Waals surface area contributed by atoms with Crippen molar-refractivity contribution in [1.82, 2.24) is 10.2 Å². The van der Waals surface area contributed by atoms with Crippen molar-refractivity contribution in [2.75, 3.05) is 37.5 Å². The fourth-order valence-electron chi connectivity index (χ4n) is 3.82. The molecule has 8 heteroatoms. The first-order valence-electron chi connectivity index (χ1n) is 11.1. The van der Waals surface area contributed by atoms with Gasteiger partial charge in [-0.1, -0.05) is 6.07 Å². The Morgan fingerprint density at radius 3 is 2.69 bits per heavy atom. The molecule has 2 N–H and O–H groups in total. The van der Waals surface area contributed by atoms with Gasteiger partial charge in [-0.05, 0) is 61.9 Å². The van der Waals surface area contributed by atoms with Crippen LogP contribution in [0.3, 0.4) is 0 Å². The number of carbonyl (C=O) groups excluding carboxylic acids is 2. The second kappa shape index (κ2) is 11.3. The zero-order chi connectivity index (χ0) is 23.1. The van der Waals surface area contributed by atoms with Crippen molar-refractivity contribution in [3.05, 3.63) is 46.2 Å². The SMILES string of the molecule is CC(C)NC(=O)Nc1ccc(N(C)C)c(CN(CC2CCCO2)C(=O)Cc2cccs2)c1. The Morgan fingerprint density at radius 1 is 1.25 bits per heavy atom. The van der Waals surface area contributed by atoms with Gasteiger partial charge in [0.25, 0.3) is 0 Å². The lowest BCUT2D eigenvalue weighted by Gasteiger charge is -2.28. The van der Waals surface area contributed by atoms with Crippen LogP contribution >= 0.6 is 11.3 Å². The van der Waals surface area contributed by atoms with Crippen molar-refractivity contribution >= 4 is 34.6 Å². The monoisotopic (exact) mass is 458 g/mol. The van der Waals surface area contributed by atoms with Gasteiger partial charge in [0.15, 0.2) is 0 Å². The Morgan fingerprint density at radius 2 is 2.06 bits per heavy atom. The highest BCUT2D eigenvalue weighted by Crippen LogP contribution is 2.26. The summed E-state index contributed by atoms with van der Waals surface area (Å²) < 4.78 is 5.83. The lowest BCUT2D eigenvalue weighted by molar-refractivity contribution is -0.132. The molecule has 0 spiro atoms. The molecule has 7 nitrogen and oxygen atoms in total. The molecule has 1 unspecified atom stereocenters. The van der Waals surface area contributed by atoms with Crippen LogP contribution in [0, 0.1) is 0 Å². The van der Waals surface area contributed by atoms with Crippen molar-refractivity contribution in [2.24, 2.45) is 0 Å². The van der Waals surface area contributed by atoms with E-state index in [1.54, 1.807) is 11.3 Å². The maximum Gasteiger partial charge on any atom is 0.319 e. The largest absolute Gasteiger partial charge is 0.377 e. The Bertz CT molecular complexity index is 893. The van der Waals surface area contributed by atoms with Crippen LogP contribution in [0.1, 0.15) is 37.1 Å². The third-order valence-corrected chi connectivity index (χ3v) is 6.18. The van der Waals surface area contributed by atoms with E-state index >= 15 is 0 Å². The number of nitrogens with zero attached hydrogens (tertiary/aromatic N) is 2. The molecule has 1 aliphatic heterocycles. The molecular formula is C24H34N4O3S. The summed E-state index contributed by atoms with van der Waals surface area (Å²) in [5, 5.41) is 7.73. The van der Waals surface area contributed by atoms with E-state index in [0.717, 1.165) is 35.6 Å². The van der Waals surface area contributed by atoms with Crippen LogP contribution in [0.2, 0.25) is 0 Å². The second-order valence-electron chi connectivity index (χ2n) is 8.66. The highest BCUT2D eigenvalue weighted by Gasteiger charge is 2.24. The van der Waals surface area contributed by atoms with Crippen LogP contribution in [-0.4, -0.2) is 56.2 Å². The number of hydrogen-bond acceptors (Lipinski definition) is 5. The summed E-state index contributed by atoms with van der Waals surface area (Å²) in [6.45, 7) is 5.62. The quantitative estimate of drug-likeness (QED) is 0.594. The maximum absolute atomic E-state index is 13.3. The zero-order valence-corrected chi connectivity index (χ0v) is 20.2. The highest BCUT2D eigenvalue weighted by atomic mass is 32.1. The predicted octanol–water partition coefficient (Wildman–Crippen LogP) is 4.09. The molecule has 1 fully saturated rings. The first-order chi connectivity index (χ1) is 15.3. The summed E-state index contributed by atoms with van der Waals surface area (Å²) in [5.74, 6) is 0.0866. The van der Waals surface area contributed by atoms with E-state index < -0.39 is 0 Å². The number of urea groups is 1. The van der Waals surface area contributed by atoms with Crippen molar-refractivity contribution in [1.29, 1.82) is 0 Å². The number of nitrogens with one attached hydrogen (secondary N) is 2. The average Bonchev–Trinajstić information content (AvgIpc) is 3.41. The van der Waals surface area contributed by atoms with Crippen LogP contribution in [-0.2, 0) is 22.5 Å². The smallest absolute Gasteiger partial charge is 0.319 e. The molecule has 1 aromatic carbocycles. The lowest BCUT2D eigenvalue weighted by atomic mass is 10.1.